The van der Waals surface area contributed by atoms with Crippen molar-refractivity contribution in [2.24, 2.45) is 11.7 Å². The van der Waals surface area contributed by atoms with E-state index in [1.54, 1.807) is 24.3 Å². The molecular formula is C21H21N3O4S. The van der Waals surface area contributed by atoms with E-state index in [2.05, 4.69) is 12.2 Å². The maximum Gasteiger partial charge on any atom is 0.262 e. The van der Waals surface area contributed by atoms with E-state index in [1.807, 2.05) is 0 Å². The number of amides is 4. The van der Waals surface area contributed by atoms with Gasteiger partial charge in [-0.3, -0.25) is 24.1 Å². The Morgan fingerprint density at radius 3 is 2.41 bits per heavy atom. The standard InChI is InChI=1S/C21H21N3O4S/c1-10-7-8-14-15(9-10)29-19(16(14)17(22)25)23-18(26)11(2)24-20(27)12-5-3-4-6-13(12)21(24)28/h3-6,10-11H,7-9H2,1-2H3,(H2,22,25)(H,23,26)/t10-,11-/m0/s1. The summed E-state index contributed by atoms with van der Waals surface area (Å²) in [5.74, 6) is -1.61. The van der Waals surface area contributed by atoms with Gasteiger partial charge in [0.05, 0.1) is 16.7 Å². The molecule has 1 aromatic carbocycles. The number of nitrogens with two attached hydrogens (primary N) is 1. The first-order chi connectivity index (χ1) is 13.8. The van der Waals surface area contributed by atoms with Gasteiger partial charge in [-0.2, -0.15) is 0 Å². The number of rotatable bonds is 4. The summed E-state index contributed by atoms with van der Waals surface area (Å²) in [6.45, 7) is 3.64. The zero-order valence-corrected chi connectivity index (χ0v) is 17.0. The van der Waals surface area contributed by atoms with Gasteiger partial charge in [0.25, 0.3) is 17.7 Å². The molecule has 2 heterocycles. The molecule has 0 saturated heterocycles. The number of thiophene rings is 1. The zero-order valence-electron chi connectivity index (χ0n) is 16.2. The number of hydrogen-bond acceptors (Lipinski definition) is 5. The Morgan fingerprint density at radius 2 is 1.83 bits per heavy atom. The lowest BCUT2D eigenvalue weighted by Gasteiger charge is -2.21. The third-order valence-corrected chi connectivity index (χ3v) is 6.76. The number of nitrogens with one attached hydrogen (secondary N) is 1. The van der Waals surface area contributed by atoms with E-state index >= 15 is 0 Å². The summed E-state index contributed by atoms with van der Waals surface area (Å²) < 4.78 is 0. The lowest BCUT2D eigenvalue weighted by Crippen LogP contribution is -2.45. The summed E-state index contributed by atoms with van der Waals surface area (Å²) in [6, 6.07) is 5.46. The molecule has 2 aromatic rings. The van der Waals surface area contributed by atoms with Gasteiger partial charge in [0, 0.05) is 4.88 Å². The molecule has 0 saturated carbocycles. The summed E-state index contributed by atoms with van der Waals surface area (Å²) in [6.07, 6.45) is 2.54. The highest BCUT2D eigenvalue weighted by molar-refractivity contribution is 7.17. The van der Waals surface area contributed by atoms with Gasteiger partial charge in [0.1, 0.15) is 11.0 Å². The van der Waals surface area contributed by atoms with Crippen LogP contribution in [0, 0.1) is 5.92 Å². The fraction of sp³-hybridized carbons (Fsp3) is 0.333. The van der Waals surface area contributed by atoms with Crippen LogP contribution in [0.3, 0.4) is 0 Å². The number of nitrogens with zero attached hydrogens (tertiary/aromatic N) is 1. The lowest BCUT2D eigenvalue weighted by atomic mass is 9.88. The normalized spacial score (nSPS) is 19.0. The molecule has 7 nitrogen and oxygen atoms in total. The summed E-state index contributed by atoms with van der Waals surface area (Å²) in [5.41, 5.74) is 7.42. The third kappa shape index (κ3) is 3.13. The van der Waals surface area contributed by atoms with E-state index in [9.17, 15) is 19.2 Å². The summed E-state index contributed by atoms with van der Waals surface area (Å²) in [7, 11) is 0. The van der Waals surface area contributed by atoms with E-state index in [1.165, 1.54) is 18.3 Å². The van der Waals surface area contributed by atoms with Crippen LogP contribution < -0.4 is 11.1 Å². The first-order valence-electron chi connectivity index (χ1n) is 9.51. The molecular weight excluding hydrogens is 390 g/mol. The van der Waals surface area contributed by atoms with Gasteiger partial charge in [0.2, 0.25) is 5.91 Å². The van der Waals surface area contributed by atoms with Crippen molar-refractivity contribution in [3.63, 3.8) is 0 Å². The Kier molecular flexibility index (Phi) is 4.74. The van der Waals surface area contributed by atoms with Gasteiger partial charge in [-0.25, -0.2) is 0 Å². The van der Waals surface area contributed by atoms with Gasteiger partial charge >= 0.3 is 0 Å². The fourth-order valence-corrected chi connectivity index (χ4v) is 5.41. The van der Waals surface area contributed by atoms with E-state index in [0.29, 0.717) is 16.5 Å². The van der Waals surface area contributed by atoms with Crippen molar-refractivity contribution < 1.29 is 19.2 Å². The minimum Gasteiger partial charge on any atom is -0.365 e. The first kappa shape index (κ1) is 19.3. The molecule has 150 valence electrons. The number of anilines is 1. The molecule has 29 heavy (non-hydrogen) atoms. The smallest absolute Gasteiger partial charge is 0.262 e. The molecule has 4 rings (SSSR count). The average Bonchev–Trinajstić information content (AvgIpc) is 3.16. The van der Waals surface area contributed by atoms with Gasteiger partial charge < -0.3 is 11.1 Å². The number of primary amides is 1. The number of carbonyl (C=O) groups is 4. The monoisotopic (exact) mass is 411 g/mol. The molecule has 0 unspecified atom stereocenters. The Bertz CT molecular complexity index is 1020. The van der Waals surface area contributed by atoms with Crippen LogP contribution in [0.4, 0.5) is 5.00 Å². The predicted molar refractivity (Wildman–Crippen MR) is 109 cm³/mol. The Balaban J connectivity index is 1.60. The molecule has 0 spiro atoms. The summed E-state index contributed by atoms with van der Waals surface area (Å²) in [4.78, 5) is 52.2. The fourth-order valence-electron chi connectivity index (χ4n) is 3.99. The second-order valence-corrected chi connectivity index (χ2v) is 8.72. The molecule has 1 aromatic heterocycles. The van der Waals surface area contributed by atoms with Crippen molar-refractivity contribution in [1.29, 1.82) is 0 Å². The highest BCUT2D eigenvalue weighted by Crippen LogP contribution is 2.39. The lowest BCUT2D eigenvalue weighted by molar-refractivity contribution is -0.119. The van der Waals surface area contributed by atoms with Crippen LogP contribution in [0.2, 0.25) is 0 Å². The third-order valence-electron chi connectivity index (χ3n) is 5.59. The largest absolute Gasteiger partial charge is 0.365 e. The number of fused-ring (bicyclic) bond motifs is 2. The van der Waals surface area contributed by atoms with E-state index < -0.39 is 29.7 Å². The molecule has 0 fully saturated rings. The van der Waals surface area contributed by atoms with Crippen molar-refractivity contribution in [2.45, 2.75) is 39.2 Å². The quantitative estimate of drug-likeness (QED) is 0.754. The van der Waals surface area contributed by atoms with Crippen LogP contribution in [0.15, 0.2) is 24.3 Å². The topological polar surface area (TPSA) is 110 Å². The number of hydrogen-bond donors (Lipinski definition) is 2. The number of imide groups is 1. The minimum atomic E-state index is -1.03. The van der Waals surface area contributed by atoms with Crippen LogP contribution in [-0.4, -0.2) is 34.6 Å². The molecule has 1 aliphatic heterocycles. The van der Waals surface area contributed by atoms with Crippen molar-refractivity contribution in [3.05, 3.63) is 51.4 Å². The number of benzene rings is 1. The highest BCUT2D eigenvalue weighted by Gasteiger charge is 2.41. The van der Waals surface area contributed by atoms with Crippen LogP contribution in [-0.2, 0) is 17.6 Å². The van der Waals surface area contributed by atoms with Gasteiger partial charge in [0.15, 0.2) is 0 Å². The Morgan fingerprint density at radius 1 is 1.21 bits per heavy atom. The van der Waals surface area contributed by atoms with Gasteiger partial charge in [-0.1, -0.05) is 19.1 Å². The van der Waals surface area contributed by atoms with E-state index in [0.717, 1.165) is 34.6 Å². The van der Waals surface area contributed by atoms with Crippen LogP contribution >= 0.6 is 11.3 Å². The molecule has 0 radical (unpaired) electrons. The highest BCUT2D eigenvalue weighted by atomic mass is 32.1. The molecule has 2 aliphatic rings. The molecule has 2 atom stereocenters. The zero-order chi connectivity index (χ0) is 20.9. The maximum atomic E-state index is 12.9. The van der Waals surface area contributed by atoms with Crippen molar-refractivity contribution in [1.82, 2.24) is 4.90 Å². The van der Waals surface area contributed by atoms with Gasteiger partial charge in [-0.15, -0.1) is 11.3 Å². The Labute approximate surface area is 171 Å². The molecule has 4 amide bonds. The maximum absolute atomic E-state index is 12.9. The SMILES string of the molecule is C[C@H]1CCc2c(sc(NC(=O)[C@H](C)N3C(=O)c4ccccc4C3=O)c2C(N)=O)C1. The van der Waals surface area contributed by atoms with Crippen LogP contribution in [0.5, 0.6) is 0 Å². The van der Waals surface area contributed by atoms with E-state index in [-0.39, 0.29) is 11.1 Å². The molecule has 1 aliphatic carbocycles. The van der Waals surface area contributed by atoms with Crippen molar-refractivity contribution >= 4 is 40.0 Å². The average molecular weight is 411 g/mol. The predicted octanol–water partition coefficient (Wildman–Crippen LogP) is 2.60. The molecule has 3 N–H and O–H groups in total. The second kappa shape index (κ2) is 7.11. The Hall–Kier alpha value is -3.00. The van der Waals surface area contributed by atoms with E-state index in [4.69, 9.17) is 5.73 Å². The summed E-state index contributed by atoms with van der Waals surface area (Å²) in [5, 5.41) is 3.13. The summed E-state index contributed by atoms with van der Waals surface area (Å²) >= 11 is 1.35. The molecule has 0 bridgehead atoms. The second-order valence-electron chi connectivity index (χ2n) is 7.61. The van der Waals surface area contributed by atoms with Crippen molar-refractivity contribution in [3.8, 4) is 0 Å². The van der Waals surface area contributed by atoms with Crippen LogP contribution in [0.1, 0.15) is 61.8 Å². The minimum absolute atomic E-state index is 0.288. The number of carbonyl (C=O) groups excluding carboxylic acids is 4. The van der Waals surface area contributed by atoms with Crippen LogP contribution in [0.25, 0.3) is 0 Å². The molecule has 8 heteroatoms. The van der Waals surface area contributed by atoms with Gasteiger partial charge in [-0.05, 0) is 49.8 Å². The van der Waals surface area contributed by atoms with Crippen molar-refractivity contribution in [2.75, 3.05) is 5.32 Å². The first-order valence-corrected chi connectivity index (χ1v) is 10.3.